The third kappa shape index (κ3) is 2.65. The summed E-state index contributed by atoms with van der Waals surface area (Å²) in [5, 5.41) is 10.7. The van der Waals surface area contributed by atoms with Crippen molar-refractivity contribution in [3.63, 3.8) is 0 Å². The number of aryl methyl sites for hydroxylation is 1. The first-order valence-electron chi connectivity index (χ1n) is 4.24. The lowest BCUT2D eigenvalue weighted by molar-refractivity contribution is 0.194. The Labute approximate surface area is 82.5 Å². The fraction of sp³-hybridized carbons (Fsp3) is 0.300. The summed E-state index contributed by atoms with van der Waals surface area (Å²) in [5.74, 6) is 0.809. The minimum atomic E-state index is -1.02. The maximum Gasteiger partial charge on any atom is 0.404 e. The Morgan fingerprint density at radius 3 is 2.79 bits per heavy atom. The van der Waals surface area contributed by atoms with Crippen LogP contribution in [0.4, 0.5) is 4.79 Å². The van der Waals surface area contributed by atoms with Gasteiger partial charge in [0.15, 0.2) is 0 Å². The highest BCUT2D eigenvalue weighted by molar-refractivity contribution is 5.64. The van der Waals surface area contributed by atoms with Crippen LogP contribution in [0.2, 0.25) is 0 Å². The predicted octanol–water partition coefficient (Wildman–Crippen LogP) is 1.77. The lowest BCUT2D eigenvalue weighted by Gasteiger charge is -2.07. The number of hydrogen-bond donors (Lipinski definition) is 2. The molecule has 0 spiro atoms. The molecule has 1 rings (SSSR count). The molecule has 0 fully saturated rings. The van der Waals surface area contributed by atoms with Gasteiger partial charge in [0.25, 0.3) is 0 Å². The fourth-order valence-electron chi connectivity index (χ4n) is 1.23. The quantitative estimate of drug-likeness (QED) is 0.772. The van der Waals surface area contributed by atoms with Crippen molar-refractivity contribution >= 4 is 6.09 Å². The standard InChI is InChI=1S/C10H13NO3/c1-7-5-8(6-11-10(12)13)3-4-9(7)14-2/h3-5,11H,6H2,1-2H3,(H,12,13). The molecule has 4 nitrogen and oxygen atoms in total. The minimum Gasteiger partial charge on any atom is -0.496 e. The number of carbonyl (C=O) groups is 1. The summed E-state index contributed by atoms with van der Waals surface area (Å²) in [6.45, 7) is 2.24. The molecule has 0 bridgehead atoms. The van der Waals surface area contributed by atoms with E-state index < -0.39 is 6.09 Å². The zero-order valence-corrected chi connectivity index (χ0v) is 8.20. The van der Waals surface area contributed by atoms with Crippen molar-refractivity contribution in [2.45, 2.75) is 13.5 Å². The molecule has 0 aliphatic carbocycles. The van der Waals surface area contributed by atoms with Crippen molar-refractivity contribution < 1.29 is 14.6 Å². The number of carboxylic acid groups (broad SMARTS) is 1. The lowest BCUT2D eigenvalue weighted by Crippen LogP contribution is -2.19. The molecule has 0 saturated carbocycles. The first-order chi connectivity index (χ1) is 6.63. The van der Waals surface area contributed by atoms with Crippen molar-refractivity contribution in [3.05, 3.63) is 29.3 Å². The number of nitrogens with one attached hydrogen (secondary N) is 1. The van der Waals surface area contributed by atoms with Crippen LogP contribution in [0, 0.1) is 6.92 Å². The summed E-state index contributed by atoms with van der Waals surface area (Å²) in [6, 6.07) is 5.56. The number of benzene rings is 1. The molecule has 76 valence electrons. The van der Waals surface area contributed by atoms with Crippen LogP contribution in [0.25, 0.3) is 0 Å². The van der Waals surface area contributed by atoms with Gasteiger partial charge in [0.2, 0.25) is 0 Å². The Morgan fingerprint density at radius 2 is 2.29 bits per heavy atom. The van der Waals surface area contributed by atoms with E-state index in [2.05, 4.69) is 5.32 Å². The Morgan fingerprint density at radius 1 is 1.57 bits per heavy atom. The van der Waals surface area contributed by atoms with Gasteiger partial charge < -0.3 is 15.2 Å². The van der Waals surface area contributed by atoms with Crippen LogP contribution in [-0.4, -0.2) is 18.3 Å². The molecule has 4 heteroatoms. The summed E-state index contributed by atoms with van der Waals surface area (Å²) >= 11 is 0. The SMILES string of the molecule is COc1ccc(CNC(=O)O)cc1C. The van der Waals surface area contributed by atoms with Crippen LogP contribution in [0.5, 0.6) is 5.75 Å². The molecule has 0 radical (unpaired) electrons. The number of hydrogen-bond acceptors (Lipinski definition) is 2. The molecule has 0 aliphatic heterocycles. The summed E-state index contributed by atoms with van der Waals surface area (Å²) in [6.07, 6.45) is -1.02. The zero-order valence-electron chi connectivity index (χ0n) is 8.20. The third-order valence-corrected chi connectivity index (χ3v) is 1.90. The molecule has 0 aromatic heterocycles. The van der Waals surface area contributed by atoms with Crippen molar-refractivity contribution in [2.75, 3.05) is 7.11 Å². The van der Waals surface area contributed by atoms with Crippen molar-refractivity contribution in [1.82, 2.24) is 5.32 Å². The third-order valence-electron chi connectivity index (χ3n) is 1.90. The highest BCUT2D eigenvalue weighted by Crippen LogP contribution is 2.18. The van der Waals surface area contributed by atoms with Gasteiger partial charge in [-0.05, 0) is 24.1 Å². The van der Waals surface area contributed by atoms with E-state index in [1.165, 1.54) is 0 Å². The fourth-order valence-corrected chi connectivity index (χ4v) is 1.23. The molecule has 0 unspecified atom stereocenters. The Hall–Kier alpha value is -1.71. The molecule has 1 aromatic rings. The van der Waals surface area contributed by atoms with Crippen LogP contribution in [0.15, 0.2) is 18.2 Å². The van der Waals surface area contributed by atoms with E-state index in [1.807, 2.05) is 25.1 Å². The average molecular weight is 195 g/mol. The molecule has 1 amide bonds. The van der Waals surface area contributed by atoms with Gasteiger partial charge in [-0.25, -0.2) is 4.79 Å². The van der Waals surface area contributed by atoms with E-state index in [0.717, 1.165) is 16.9 Å². The second-order valence-corrected chi connectivity index (χ2v) is 2.96. The average Bonchev–Trinajstić information content (AvgIpc) is 2.15. The molecular weight excluding hydrogens is 182 g/mol. The molecule has 2 N–H and O–H groups in total. The normalized spacial score (nSPS) is 9.57. The summed E-state index contributed by atoms with van der Waals surface area (Å²) < 4.78 is 5.09. The first kappa shape index (κ1) is 10.4. The molecule has 0 aliphatic rings. The van der Waals surface area contributed by atoms with E-state index in [9.17, 15) is 4.79 Å². The summed E-state index contributed by atoms with van der Waals surface area (Å²) in [7, 11) is 1.61. The van der Waals surface area contributed by atoms with Crippen LogP contribution < -0.4 is 10.1 Å². The Bertz CT molecular complexity index is 336. The van der Waals surface area contributed by atoms with Gasteiger partial charge in [-0.3, -0.25) is 0 Å². The van der Waals surface area contributed by atoms with Crippen LogP contribution in [-0.2, 0) is 6.54 Å². The van der Waals surface area contributed by atoms with E-state index >= 15 is 0 Å². The Balaban J connectivity index is 2.71. The van der Waals surface area contributed by atoms with Gasteiger partial charge in [0.1, 0.15) is 5.75 Å². The molecule has 0 heterocycles. The maximum absolute atomic E-state index is 10.2. The maximum atomic E-state index is 10.2. The smallest absolute Gasteiger partial charge is 0.404 e. The highest BCUT2D eigenvalue weighted by atomic mass is 16.5. The van der Waals surface area contributed by atoms with E-state index in [0.29, 0.717) is 6.54 Å². The molecule has 0 saturated heterocycles. The predicted molar refractivity (Wildman–Crippen MR) is 52.6 cm³/mol. The monoisotopic (exact) mass is 195 g/mol. The van der Waals surface area contributed by atoms with Crippen molar-refractivity contribution in [1.29, 1.82) is 0 Å². The molecule has 14 heavy (non-hydrogen) atoms. The van der Waals surface area contributed by atoms with Crippen molar-refractivity contribution in [3.8, 4) is 5.75 Å². The number of methoxy groups -OCH3 is 1. The van der Waals surface area contributed by atoms with Gasteiger partial charge >= 0.3 is 6.09 Å². The van der Waals surface area contributed by atoms with Crippen molar-refractivity contribution in [2.24, 2.45) is 0 Å². The Kier molecular flexibility index (Phi) is 3.34. The summed E-state index contributed by atoms with van der Waals surface area (Å²) in [5.41, 5.74) is 1.92. The van der Waals surface area contributed by atoms with Crippen LogP contribution in [0.3, 0.4) is 0 Å². The second-order valence-electron chi connectivity index (χ2n) is 2.96. The van der Waals surface area contributed by atoms with Gasteiger partial charge in [-0.1, -0.05) is 12.1 Å². The van der Waals surface area contributed by atoms with Crippen LogP contribution in [0.1, 0.15) is 11.1 Å². The first-order valence-corrected chi connectivity index (χ1v) is 4.24. The van der Waals surface area contributed by atoms with E-state index in [4.69, 9.17) is 9.84 Å². The molecular formula is C10H13NO3. The largest absolute Gasteiger partial charge is 0.496 e. The summed E-state index contributed by atoms with van der Waals surface area (Å²) in [4.78, 5) is 10.2. The van der Waals surface area contributed by atoms with Gasteiger partial charge in [0, 0.05) is 6.54 Å². The molecule has 0 atom stereocenters. The number of rotatable bonds is 3. The van der Waals surface area contributed by atoms with Crippen LogP contribution >= 0.6 is 0 Å². The van der Waals surface area contributed by atoms with E-state index in [1.54, 1.807) is 7.11 Å². The topological polar surface area (TPSA) is 58.6 Å². The second kappa shape index (κ2) is 4.50. The van der Waals surface area contributed by atoms with Gasteiger partial charge in [-0.2, -0.15) is 0 Å². The van der Waals surface area contributed by atoms with Gasteiger partial charge in [-0.15, -0.1) is 0 Å². The minimum absolute atomic E-state index is 0.320. The highest BCUT2D eigenvalue weighted by Gasteiger charge is 2.00. The van der Waals surface area contributed by atoms with Gasteiger partial charge in [0.05, 0.1) is 7.11 Å². The molecule has 1 aromatic carbocycles. The number of amides is 1. The lowest BCUT2D eigenvalue weighted by atomic mass is 10.1. The van der Waals surface area contributed by atoms with E-state index in [-0.39, 0.29) is 0 Å². The number of ether oxygens (including phenoxy) is 1. The zero-order chi connectivity index (χ0) is 10.6.